The van der Waals surface area contributed by atoms with E-state index >= 15 is 0 Å². The zero-order chi connectivity index (χ0) is 14.6. The minimum atomic E-state index is -0.729. The average molecular weight is 340 g/mol. The Balaban J connectivity index is 1.87. The highest BCUT2D eigenvalue weighted by molar-refractivity contribution is 9.10. The molecule has 0 heterocycles. The highest BCUT2D eigenvalue weighted by Crippen LogP contribution is 2.33. The molecule has 1 amide bonds. The van der Waals surface area contributed by atoms with E-state index in [1.165, 1.54) is 6.42 Å². The quantitative estimate of drug-likeness (QED) is 0.881. The van der Waals surface area contributed by atoms with Gasteiger partial charge in [-0.3, -0.25) is 4.79 Å². The van der Waals surface area contributed by atoms with Crippen LogP contribution < -0.4 is 5.32 Å². The summed E-state index contributed by atoms with van der Waals surface area (Å²) in [4.78, 5) is 12.1. The molecule has 1 aliphatic rings. The molecule has 0 aromatic heterocycles. The van der Waals surface area contributed by atoms with Crippen molar-refractivity contribution in [2.75, 3.05) is 6.54 Å². The topological polar surface area (TPSA) is 49.3 Å². The van der Waals surface area contributed by atoms with E-state index in [-0.39, 0.29) is 5.91 Å². The van der Waals surface area contributed by atoms with Crippen molar-refractivity contribution in [3.63, 3.8) is 0 Å². The van der Waals surface area contributed by atoms with Crippen LogP contribution in [-0.2, 0) is 0 Å². The molecule has 1 saturated carbocycles. The van der Waals surface area contributed by atoms with Gasteiger partial charge in [0.15, 0.2) is 0 Å². The molecule has 0 bridgehead atoms. The lowest BCUT2D eigenvalue weighted by molar-refractivity contribution is -0.00786. The first kappa shape index (κ1) is 15.5. The summed E-state index contributed by atoms with van der Waals surface area (Å²) in [7, 11) is 0. The second-order valence-corrected chi connectivity index (χ2v) is 6.68. The van der Waals surface area contributed by atoms with Gasteiger partial charge in [0.05, 0.1) is 5.60 Å². The van der Waals surface area contributed by atoms with Crippen LogP contribution >= 0.6 is 15.9 Å². The van der Waals surface area contributed by atoms with Crippen molar-refractivity contribution in [1.82, 2.24) is 5.32 Å². The normalized spacial score (nSPS) is 26.2. The molecule has 0 atom stereocenters. The highest BCUT2D eigenvalue weighted by atomic mass is 79.9. The first-order valence-electron chi connectivity index (χ1n) is 7.28. The van der Waals surface area contributed by atoms with Gasteiger partial charge in [-0.1, -0.05) is 35.3 Å². The maximum Gasteiger partial charge on any atom is 0.251 e. The van der Waals surface area contributed by atoms with E-state index in [1.807, 2.05) is 12.1 Å². The van der Waals surface area contributed by atoms with E-state index in [0.29, 0.717) is 12.1 Å². The fourth-order valence-electron chi connectivity index (χ4n) is 2.78. The monoisotopic (exact) mass is 339 g/mol. The molecular formula is C16H22BrNO2. The number of benzene rings is 1. The van der Waals surface area contributed by atoms with Gasteiger partial charge in [-0.15, -0.1) is 0 Å². The molecule has 2 N–H and O–H groups in total. The van der Waals surface area contributed by atoms with Crippen LogP contribution in [0.25, 0.3) is 0 Å². The van der Waals surface area contributed by atoms with Crippen LogP contribution in [0.2, 0.25) is 0 Å². The number of carbonyl (C=O) groups excluding carboxylic acids is 1. The standard InChI is InChI=1S/C16H22BrNO2/c1-2-12-6-8-16(20,9-7-12)11-18-15(19)13-4-3-5-14(17)10-13/h3-5,10,12,20H,2,6-9,11H2,1H3,(H,18,19). The van der Waals surface area contributed by atoms with Crippen molar-refractivity contribution >= 4 is 21.8 Å². The molecule has 1 aromatic rings. The van der Waals surface area contributed by atoms with Crippen LogP contribution in [0.15, 0.2) is 28.7 Å². The fourth-order valence-corrected chi connectivity index (χ4v) is 3.18. The van der Waals surface area contributed by atoms with Gasteiger partial charge in [0.2, 0.25) is 0 Å². The van der Waals surface area contributed by atoms with Gasteiger partial charge in [0, 0.05) is 16.6 Å². The Morgan fingerprint density at radius 1 is 1.45 bits per heavy atom. The first-order valence-corrected chi connectivity index (χ1v) is 8.08. The van der Waals surface area contributed by atoms with Gasteiger partial charge in [-0.2, -0.15) is 0 Å². The predicted octanol–water partition coefficient (Wildman–Crippen LogP) is 3.51. The molecule has 0 unspecified atom stereocenters. The Bertz CT molecular complexity index is 467. The molecule has 0 aliphatic heterocycles. The number of rotatable bonds is 4. The largest absolute Gasteiger partial charge is 0.388 e. The lowest BCUT2D eigenvalue weighted by Crippen LogP contribution is -2.45. The Hall–Kier alpha value is -0.870. The molecule has 0 spiro atoms. The number of carbonyl (C=O) groups is 1. The summed E-state index contributed by atoms with van der Waals surface area (Å²) in [6, 6.07) is 7.28. The second-order valence-electron chi connectivity index (χ2n) is 5.77. The third-order valence-electron chi connectivity index (χ3n) is 4.28. The Morgan fingerprint density at radius 2 is 2.15 bits per heavy atom. The summed E-state index contributed by atoms with van der Waals surface area (Å²) in [5.74, 6) is 0.605. The lowest BCUT2D eigenvalue weighted by atomic mass is 9.78. The maximum atomic E-state index is 12.1. The Kier molecular flexibility index (Phi) is 5.22. The molecule has 4 heteroatoms. The van der Waals surface area contributed by atoms with Gasteiger partial charge < -0.3 is 10.4 Å². The third-order valence-corrected chi connectivity index (χ3v) is 4.77. The van der Waals surface area contributed by atoms with Crippen LogP contribution in [0.3, 0.4) is 0 Å². The third kappa shape index (κ3) is 4.06. The number of amides is 1. The van der Waals surface area contributed by atoms with E-state index < -0.39 is 5.60 Å². The number of nitrogens with one attached hydrogen (secondary N) is 1. The summed E-state index contributed by atoms with van der Waals surface area (Å²) >= 11 is 3.35. The average Bonchev–Trinajstić information content (AvgIpc) is 2.46. The predicted molar refractivity (Wildman–Crippen MR) is 83.7 cm³/mol. The first-order chi connectivity index (χ1) is 9.52. The summed E-state index contributed by atoms with van der Waals surface area (Å²) in [6.07, 6.45) is 4.86. The minimum absolute atomic E-state index is 0.127. The molecule has 1 aliphatic carbocycles. The van der Waals surface area contributed by atoms with Crippen molar-refractivity contribution < 1.29 is 9.90 Å². The fraction of sp³-hybridized carbons (Fsp3) is 0.562. The minimum Gasteiger partial charge on any atom is -0.388 e. The van der Waals surface area contributed by atoms with Crippen molar-refractivity contribution in [3.8, 4) is 0 Å². The molecular weight excluding hydrogens is 318 g/mol. The molecule has 0 radical (unpaired) electrons. The number of aliphatic hydroxyl groups is 1. The van der Waals surface area contributed by atoms with E-state index in [4.69, 9.17) is 0 Å². The summed E-state index contributed by atoms with van der Waals surface area (Å²) in [5.41, 5.74) is -0.113. The molecule has 110 valence electrons. The van der Waals surface area contributed by atoms with E-state index in [0.717, 1.165) is 36.1 Å². The van der Waals surface area contributed by atoms with Gasteiger partial charge in [-0.05, 0) is 49.8 Å². The summed E-state index contributed by atoms with van der Waals surface area (Å²) in [6.45, 7) is 2.54. The van der Waals surface area contributed by atoms with Crippen molar-refractivity contribution in [3.05, 3.63) is 34.3 Å². The smallest absolute Gasteiger partial charge is 0.251 e. The number of hydrogen-bond donors (Lipinski definition) is 2. The molecule has 1 fully saturated rings. The zero-order valence-corrected chi connectivity index (χ0v) is 13.4. The molecule has 3 nitrogen and oxygen atoms in total. The van der Waals surface area contributed by atoms with Crippen LogP contribution in [0.1, 0.15) is 49.4 Å². The maximum absolute atomic E-state index is 12.1. The number of halogens is 1. The van der Waals surface area contributed by atoms with E-state index in [9.17, 15) is 9.90 Å². The molecule has 0 saturated heterocycles. The molecule has 20 heavy (non-hydrogen) atoms. The highest BCUT2D eigenvalue weighted by Gasteiger charge is 2.32. The Labute approximate surface area is 128 Å². The molecule has 2 rings (SSSR count). The Morgan fingerprint density at radius 3 is 2.75 bits per heavy atom. The van der Waals surface area contributed by atoms with Crippen molar-refractivity contribution in [2.45, 2.75) is 44.6 Å². The number of hydrogen-bond acceptors (Lipinski definition) is 2. The van der Waals surface area contributed by atoms with Gasteiger partial charge >= 0.3 is 0 Å². The van der Waals surface area contributed by atoms with E-state index in [2.05, 4.69) is 28.2 Å². The van der Waals surface area contributed by atoms with Crippen LogP contribution in [0.4, 0.5) is 0 Å². The molecule has 1 aromatic carbocycles. The summed E-state index contributed by atoms with van der Waals surface area (Å²) in [5, 5.41) is 13.4. The lowest BCUT2D eigenvalue weighted by Gasteiger charge is -2.35. The van der Waals surface area contributed by atoms with Crippen LogP contribution in [0.5, 0.6) is 0 Å². The van der Waals surface area contributed by atoms with Crippen molar-refractivity contribution in [1.29, 1.82) is 0 Å². The van der Waals surface area contributed by atoms with Gasteiger partial charge in [-0.25, -0.2) is 0 Å². The van der Waals surface area contributed by atoms with Crippen molar-refractivity contribution in [2.24, 2.45) is 5.92 Å². The van der Waals surface area contributed by atoms with E-state index in [1.54, 1.807) is 12.1 Å². The summed E-state index contributed by atoms with van der Waals surface area (Å²) < 4.78 is 0.882. The van der Waals surface area contributed by atoms with Gasteiger partial charge in [0.25, 0.3) is 5.91 Å². The van der Waals surface area contributed by atoms with Gasteiger partial charge in [0.1, 0.15) is 0 Å². The SMILES string of the molecule is CCC1CCC(O)(CNC(=O)c2cccc(Br)c2)CC1. The van der Waals surface area contributed by atoms with Crippen LogP contribution in [-0.4, -0.2) is 23.2 Å². The zero-order valence-electron chi connectivity index (χ0n) is 11.9. The van der Waals surface area contributed by atoms with Crippen LogP contribution in [0, 0.1) is 5.92 Å². The second kappa shape index (κ2) is 6.72.